The summed E-state index contributed by atoms with van der Waals surface area (Å²) in [6.07, 6.45) is 0.175. The van der Waals surface area contributed by atoms with E-state index >= 15 is 0 Å². The summed E-state index contributed by atoms with van der Waals surface area (Å²) < 4.78 is 12.5. The van der Waals surface area contributed by atoms with Crippen molar-refractivity contribution in [2.24, 2.45) is 5.73 Å². The lowest BCUT2D eigenvalue weighted by Crippen LogP contribution is -2.15. The van der Waals surface area contributed by atoms with E-state index in [9.17, 15) is 0 Å². The number of ether oxygens (including phenoxy) is 2. The second-order valence-electron chi connectivity index (χ2n) is 3.74. The molecule has 0 fully saturated rings. The van der Waals surface area contributed by atoms with Gasteiger partial charge in [-0.2, -0.15) is 0 Å². The van der Waals surface area contributed by atoms with Crippen LogP contribution < -0.4 is 5.73 Å². The van der Waals surface area contributed by atoms with Crippen molar-refractivity contribution in [1.29, 1.82) is 0 Å². The Bertz CT molecular complexity index is 312. The Hall–Kier alpha value is -0.980. The van der Waals surface area contributed by atoms with Gasteiger partial charge in [0.1, 0.15) is 12.4 Å². The van der Waals surface area contributed by atoms with Crippen molar-refractivity contribution in [1.82, 2.24) is 14.8 Å². The highest BCUT2D eigenvalue weighted by Gasteiger charge is 2.11. The van der Waals surface area contributed by atoms with E-state index in [-0.39, 0.29) is 6.10 Å². The molecule has 0 saturated heterocycles. The summed E-state index contributed by atoms with van der Waals surface area (Å²) in [5.74, 6) is 1.56. The zero-order valence-electron chi connectivity index (χ0n) is 10.1. The van der Waals surface area contributed by atoms with Crippen molar-refractivity contribution in [2.45, 2.75) is 39.6 Å². The van der Waals surface area contributed by atoms with Crippen molar-refractivity contribution in [3.8, 4) is 0 Å². The first kappa shape index (κ1) is 13.1. The molecule has 92 valence electrons. The first-order valence-electron chi connectivity index (χ1n) is 5.40. The largest absolute Gasteiger partial charge is 0.383 e. The summed E-state index contributed by atoms with van der Waals surface area (Å²) in [6.45, 7) is 6.11. The molecular weight excluding hydrogens is 208 g/mol. The van der Waals surface area contributed by atoms with Crippen LogP contribution in [0.4, 0.5) is 0 Å². The van der Waals surface area contributed by atoms with Gasteiger partial charge in [0.15, 0.2) is 5.82 Å². The summed E-state index contributed by atoms with van der Waals surface area (Å²) >= 11 is 0. The molecule has 0 bridgehead atoms. The summed E-state index contributed by atoms with van der Waals surface area (Å²) in [6, 6.07) is 0. The Labute approximate surface area is 95.7 Å². The number of nitrogens with zero attached hydrogens (tertiary/aromatic N) is 3. The van der Waals surface area contributed by atoms with Crippen molar-refractivity contribution >= 4 is 0 Å². The molecule has 6 nitrogen and oxygen atoms in total. The van der Waals surface area contributed by atoms with Gasteiger partial charge in [0, 0.05) is 13.7 Å². The van der Waals surface area contributed by atoms with Crippen LogP contribution in [-0.2, 0) is 29.2 Å². The van der Waals surface area contributed by atoms with E-state index in [1.807, 2.05) is 18.4 Å². The molecule has 6 heteroatoms. The highest BCUT2D eigenvalue weighted by molar-refractivity contribution is 4.94. The molecule has 0 unspecified atom stereocenters. The van der Waals surface area contributed by atoms with E-state index in [0.717, 1.165) is 11.6 Å². The number of hydrogen-bond donors (Lipinski definition) is 1. The number of hydrogen-bond acceptors (Lipinski definition) is 5. The normalized spacial score (nSPS) is 11.3. The second kappa shape index (κ2) is 6.57. The number of rotatable bonds is 7. The second-order valence-corrected chi connectivity index (χ2v) is 3.74. The lowest BCUT2D eigenvalue weighted by molar-refractivity contribution is 0.0583. The van der Waals surface area contributed by atoms with Gasteiger partial charge in [-0.25, -0.2) is 0 Å². The van der Waals surface area contributed by atoms with Crippen LogP contribution in [0.3, 0.4) is 0 Å². The Balaban J connectivity index is 2.70. The third kappa shape index (κ3) is 3.55. The van der Waals surface area contributed by atoms with Crippen LogP contribution in [-0.4, -0.2) is 34.6 Å². The van der Waals surface area contributed by atoms with Gasteiger partial charge < -0.3 is 19.8 Å². The predicted molar refractivity (Wildman–Crippen MR) is 59.7 cm³/mol. The Morgan fingerprint density at radius 2 is 2.00 bits per heavy atom. The molecule has 0 amide bonds. The van der Waals surface area contributed by atoms with Crippen LogP contribution in [0, 0.1) is 0 Å². The minimum Gasteiger partial charge on any atom is -0.383 e. The van der Waals surface area contributed by atoms with Gasteiger partial charge in [0.05, 0.1) is 19.3 Å². The molecular formula is C10H20N4O2. The topological polar surface area (TPSA) is 75.2 Å². The van der Waals surface area contributed by atoms with Crippen LogP contribution in [0.25, 0.3) is 0 Å². The van der Waals surface area contributed by atoms with E-state index in [2.05, 4.69) is 10.2 Å². The molecule has 16 heavy (non-hydrogen) atoms. The van der Waals surface area contributed by atoms with Crippen LogP contribution >= 0.6 is 0 Å². The molecule has 1 heterocycles. The molecule has 0 spiro atoms. The fraction of sp³-hybridized carbons (Fsp3) is 0.800. The third-order valence-corrected chi connectivity index (χ3v) is 2.15. The average Bonchev–Trinajstić information content (AvgIpc) is 2.65. The van der Waals surface area contributed by atoms with Gasteiger partial charge in [0.25, 0.3) is 0 Å². The number of aromatic nitrogens is 3. The van der Waals surface area contributed by atoms with Crippen molar-refractivity contribution in [2.75, 3.05) is 13.7 Å². The van der Waals surface area contributed by atoms with Gasteiger partial charge in [-0.15, -0.1) is 10.2 Å². The molecule has 0 aliphatic heterocycles. The molecule has 0 radical (unpaired) electrons. The van der Waals surface area contributed by atoms with E-state index < -0.39 is 0 Å². The van der Waals surface area contributed by atoms with Crippen molar-refractivity contribution in [3.05, 3.63) is 11.6 Å². The van der Waals surface area contributed by atoms with Gasteiger partial charge in [0.2, 0.25) is 0 Å². The fourth-order valence-corrected chi connectivity index (χ4v) is 1.31. The molecule has 1 aromatic rings. The van der Waals surface area contributed by atoms with Crippen LogP contribution in [0.15, 0.2) is 0 Å². The van der Waals surface area contributed by atoms with Crippen LogP contribution in [0.2, 0.25) is 0 Å². The zero-order chi connectivity index (χ0) is 12.0. The molecule has 0 aromatic carbocycles. The zero-order valence-corrected chi connectivity index (χ0v) is 10.1. The number of methoxy groups -OCH3 is 1. The van der Waals surface area contributed by atoms with E-state index in [0.29, 0.717) is 26.3 Å². The van der Waals surface area contributed by atoms with Crippen molar-refractivity contribution in [3.63, 3.8) is 0 Å². The molecule has 0 atom stereocenters. The predicted octanol–water partition coefficient (Wildman–Crippen LogP) is 0.308. The molecule has 0 aliphatic rings. The first-order chi connectivity index (χ1) is 7.69. The van der Waals surface area contributed by atoms with Gasteiger partial charge in [-0.05, 0) is 13.8 Å². The average molecular weight is 228 g/mol. The first-order valence-corrected chi connectivity index (χ1v) is 5.40. The van der Waals surface area contributed by atoms with E-state index in [1.165, 1.54) is 0 Å². The monoisotopic (exact) mass is 228 g/mol. The molecule has 1 rings (SSSR count). The van der Waals surface area contributed by atoms with E-state index in [4.69, 9.17) is 15.2 Å². The van der Waals surface area contributed by atoms with Gasteiger partial charge in [-0.3, -0.25) is 0 Å². The van der Waals surface area contributed by atoms with Gasteiger partial charge in [-0.1, -0.05) is 0 Å². The Morgan fingerprint density at radius 1 is 1.31 bits per heavy atom. The molecule has 0 saturated carbocycles. The van der Waals surface area contributed by atoms with Gasteiger partial charge >= 0.3 is 0 Å². The summed E-state index contributed by atoms with van der Waals surface area (Å²) in [5, 5.41) is 8.08. The van der Waals surface area contributed by atoms with Crippen LogP contribution in [0.1, 0.15) is 25.5 Å². The maximum absolute atomic E-state index is 5.59. The smallest absolute Gasteiger partial charge is 0.159 e. The third-order valence-electron chi connectivity index (χ3n) is 2.15. The highest BCUT2D eigenvalue weighted by atomic mass is 16.5. The SMILES string of the molecule is COCCn1c(CN)nnc1COC(C)C. The quantitative estimate of drug-likeness (QED) is 0.727. The molecule has 2 N–H and O–H groups in total. The summed E-state index contributed by atoms with van der Waals surface area (Å²) in [5.41, 5.74) is 5.59. The van der Waals surface area contributed by atoms with E-state index in [1.54, 1.807) is 7.11 Å². The number of nitrogens with two attached hydrogens (primary N) is 1. The Kier molecular flexibility index (Phi) is 5.37. The van der Waals surface area contributed by atoms with Crippen LogP contribution in [0.5, 0.6) is 0 Å². The standard InChI is InChI=1S/C10H20N4O2/c1-8(2)16-7-10-13-12-9(6-11)14(10)4-5-15-3/h8H,4-7,11H2,1-3H3. The summed E-state index contributed by atoms with van der Waals surface area (Å²) in [7, 11) is 1.66. The maximum atomic E-state index is 5.59. The lowest BCUT2D eigenvalue weighted by atomic mass is 10.4. The fourth-order valence-electron chi connectivity index (χ4n) is 1.31. The summed E-state index contributed by atoms with van der Waals surface area (Å²) in [4.78, 5) is 0. The van der Waals surface area contributed by atoms with Crippen molar-refractivity contribution < 1.29 is 9.47 Å². The lowest BCUT2D eigenvalue weighted by Gasteiger charge is -2.10. The molecule has 0 aliphatic carbocycles. The maximum Gasteiger partial charge on any atom is 0.159 e. The minimum atomic E-state index is 0.175. The highest BCUT2D eigenvalue weighted by Crippen LogP contribution is 2.05. The molecule has 1 aromatic heterocycles. The Morgan fingerprint density at radius 3 is 2.56 bits per heavy atom. The minimum absolute atomic E-state index is 0.175.